The smallest absolute Gasteiger partial charge is 0.394 e. The average Bonchev–Trinajstić information content (AvgIpc) is 2.49. The molecule has 0 saturated carbocycles. The predicted octanol–water partition coefficient (Wildman–Crippen LogP) is 2.59. The summed E-state index contributed by atoms with van der Waals surface area (Å²) in [5.74, 6) is 0.0599. The second-order valence-corrected chi connectivity index (χ2v) is 5.19. The highest BCUT2D eigenvalue weighted by Crippen LogP contribution is 2.31. The van der Waals surface area contributed by atoms with Crippen LogP contribution in [0.25, 0.3) is 11.0 Å². The van der Waals surface area contributed by atoms with E-state index in [9.17, 15) is 18.3 Å². The van der Waals surface area contributed by atoms with E-state index in [4.69, 9.17) is 5.73 Å². The molecule has 0 aliphatic rings. The highest BCUT2D eigenvalue weighted by atomic mass is 19.4. The molecule has 2 aromatic rings. The number of nitrogens with one attached hydrogen (secondary N) is 1. The molecule has 0 amide bonds. The van der Waals surface area contributed by atoms with Gasteiger partial charge in [-0.2, -0.15) is 18.2 Å². The van der Waals surface area contributed by atoms with Crippen LogP contribution in [0.5, 0.6) is 0 Å². The van der Waals surface area contributed by atoms with Crippen molar-refractivity contribution in [3.05, 3.63) is 17.8 Å². The molecule has 0 radical (unpaired) electrons. The molecular formula is C14H18F3N5O. The number of alkyl halides is 3. The van der Waals surface area contributed by atoms with Crippen LogP contribution >= 0.6 is 0 Å². The summed E-state index contributed by atoms with van der Waals surface area (Å²) in [5.41, 5.74) is 4.85. The number of hydrogen-bond acceptors (Lipinski definition) is 6. The average molecular weight is 329 g/mol. The monoisotopic (exact) mass is 329 g/mol. The fourth-order valence-corrected chi connectivity index (χ4v) is 2.15. The van der Waals surface area contributed by atoms with E-state index in [1.54, 1.807) is 0 Å². The number of nitrogen functional groups attached to an aromatic ring is 1. The van der Waals surface area contributed by atoms with Crippen LogP contribution in [0.2, 0.25) is 0 Å². The fraction of sp³-hybridized carbons (Fsp3) is 0.500. The van der Waals surface area contributed by atoms with Crippen LogP contribution in [-0.4, -0.2) is 32.7 Å². The summed E-state index contributed by atoms with van der Waals surface area (Å²) in [6.07, 6.45) is -1.24. The number of aliphatic hydroxyl groups excluding tert-OH is 1. The van der Waals surface area contributed by atoms with Crippen LogP contribution in [-0.2, 0) is 6.18 Å². The molecule has 2 aromatic heterocycles. The highest BCUT2D eigenvalue weighted by Gasteiger charge is 2.31. The number of rotatable bonds is 6. The molecule has 9 heteroatoms. The van der Waals surface area contributed by atoms with E-state index < -0.39 is 11.7 Å². The van der Waals surface area contributed by atoms with Gasteiger partial charge in [0.05, 0.1) is 23.7 Å². The van der Waals surface area contributed by atoms with Crippen molar-refractivity contribution in [3.63, 3.8) is 0 Å². The standard InChI is InChI=1S/C14H18F3N5O/c1-2-3-4-9(7-23)20-12-11-10(21-13(18)22-12)5-8(6-19-11)14(15,16)17/h5-6,9,23H,2-4,7H2,1H3,(H3,18,20,21,22). The normalized spacial score (nSPS) is 13.3. The summed E-state index contributed by atoms with van der Waals surface area (Å²) in [6, 6.07) is 0.600. The summed E-state index contributed by atoms with van der Waals surface area (Å²) >= 11 is 0. The summed E-state index contributed by atoms with van der Waals surface area (Å²) in [4.78, 5) is 11.6. The number of anilines is 2. The molecule has 0 fully saturated rings. The molecule has 0 spiro atoms. The third kappa shape index (κ3) is 4.19. The lowest BCUT2D eigenvalue weighted by molar-refractivity contribution is -0.137. The Morgan fingerprint density at radius 1 is 1.35 bits per heavy atom. The maximum Gasteiger partial charge on any atom is 0.417 e. The van der Waals surface area contributed by atoms with Crippen molar-refractivity contribution < 1.29 is 18.3 Å². The van der Waals surface area contributed by atoms with E-state index in [0.29, 0.717) is 6.42 Å². The van der Waals surface area contributed by atoms with Crippen molar-refractivity contribution >= 4 is 22.8 Å². The topological polar surface area (TPSA) is 97.0 Å². The zero-order chi connectivity index (χ0) is 17.0. The Balaban J connectivity index is 2.40. The van der Waals surface area contributed by atoms with Gasteiger partial charge in [0, 0.05) is 6.20 Å². The zero-order valence-corrected chi connectivity index (χ0v) is 12.6. The molecule has 0 aliphatic carbocycles. The van der Waals surface area contributed by atoms with Gasteiger partial charge in [-0.15, -0.1) is 0 Å². The lowest BCUT2D eigenvalue weighted by Gasteiger charge is -2.17. The van der Waals surface area contributed by atoms with Crippen LogP contribution in [0, 0.1) is 0 Å². The lowest BCUT2D eigenvalue weighted by Crippen LogP contribution is -2.25. The molecule has 2 rings (SSSR count). The van der Waals surface area contributed by atoms with E-state index in [2.05, 4.69) is 20.3 Å². The van der Waals surface area contributed by atoms with Crippen LogP contribution < -0.4 is 11.1 Å². The van der Waals surface area contributed by atoms with Crippen molar-refractivity contribution in [1.29, 1.82) is 0 Å². The molecule has 4 N–H and O–H groups in total. The lowest BCUT2D eigenvalue weighted by atomic mass is 10.1. The summed E-state index contributed by atoms with van der Waals surface area (Å²) in [6.45, 7) is 1.89. The molecule has 2 heterocycles. The molecule has 23 heavy (non-hydrogen) atoms. The number of unbranched alkanes of at least 4 members (excludes halogenated alkanes) is 1. The van der Waals surface area contributed by atoms with Gasteiger partial charge >= 0.3 is 6.18 Å². The van der Waals surface area contributed by atoms with E-state index in [0.717, 1.165) is 25.1 Å². The molecule has 0 bridgehead atoms. The summed E-state index contributed by atoms with van der Waals surface area (Å²) < 4.78 is 38.3. The Bertz CT molecular complexity index is 677. The van der Waals surface area contributed by atoms with Gasteiger partial charge in [-0.1, -0.05) is 19.8 Å². The Labute approximate surface area is 131 Å². The first kappa shape index (κ1) is 17.2. The molecule has 126 valence electrons. The first-order valence-electron chi connectivity index (χ1n) is 7.23. The third-order valence-electron chi connectivity index (χ3n) is 3.35. The number of aliphatic hydroxyl groups is 1. The third-order valence-corrected chi connectivity index (χ3v) is 3.35. The van der Waals surface area contributed by atoms with Crippen molar-refractivity contribution in [2.24, 2.45) is 0 Å². The summed E-state index contributed by atoms with van der Waals surface area (Å²) in [7, 11) is 0. The molecular weight excluding hydrogens is 311 g/mol. The van der Waals surface area contributed by atoms with Gasteiger partial charge in [0.25, 0.3) is 0 Å². The van der Waals surface area contributed by atoms with Gasteiger partial charge in [0.1, 0.15) is 5.52 Å². The number of nitrogens with zero attached hydrogens (tertiary/aromatic N) is 3. The second kappa shape index (κ2) is 6.95. The van der Waals surface area contributed by atoms with Gasteiger partial charge in [-0.05, 0) is 12.5 Å². The Morgan fingerprint density at radius 3 is 2.70 bits per heavy atom. The first-order valence-corrected chi connectivity index (χ1v) is 7.23. The van der Waals surface area contributed by atoms with Crippen molar-refractivity contribution in [3.8, 4) is 0 Å². The van der Waals surface area contributed by atoms with Crippen molar-refractivity contribution in [2.75, 3.05) is 17.7 Å². The molecule has 1 atom stereocenters. The molecule has 0 aliphatic heterocycles. The van der Waals surface area contributed by atoms with Gasteiger partial charge in [-0.25, -0.2) is 4.98 Å². The quantitative estimate of drug-likeness (QED) is 0.754. The molecule has 6 nitrogen and oxygen atoms in total. The number of halogens is 3. The van der Waals surface area contributed by atoms with E-state index in [1.807, 2.05) is 6.92 Å². The first-order chi connectivity index (χ1) is 10.8. The van der Waals surface area contributed by atoms with Crippen LogP contribution in [0.15, 0.2) is 12.3 Å². The minimum absolute atomic E-state index is 0.00186. The summed E-state index contributed by atoms with van der Waals surface area (Å²) in [5, 5.41) is 12.4. The Hall–Kier alpha value is -2.16. The number of aromatic nitrogens is 3. The maximum absolute atomic E-state index is 12.8. The predicted molar refractivity (Wildman–Crippen MR) is 80.8 cm³/mol. The van der Waals surface area contributed by atoms with Gasteiger partial charge in [-0.3, -0.25) is 4.98 Å². The number of pyridine rings is 1. The van der Waals surface area contributed by atoms with Crippen molar-refractivity contribution in [2.45, 2.75) is 38.4 Å². The zero-order valence-electron chi connectivity index (χ0n) is 12.6. The molecule has 0 aromatic carbocycles. The van der Waals surface area contributed by atoms with Gasteiger partial charge in [0.15, 0.2) is 5.82 Å². The Morgan fingerprint density at radius 2 is 2.09 bits per heavy atom. The minimum atomic E-state index is -4.51. The largest absolute Gasteiger partial charge is 0.417 e. The molecule has 1 unspecified atom stereocenters. The van der Waals surface area contributed by atoms with Gasteiger partial charge in [0.2, 0.25) is 5.95 Å². The van der Waals surface area contributed by atoms with Crippen LogP contribution in [0.4, 0.5) is 24.9 Å². The van der Waals surface area contributed by atoms with E-state index in [1.165, 1.54) is 0 Å². The fourth-order valence-electron chi connectivity index (χ4n) is 2.15. The van der Waals surface area contributed by atoms with E-state index in [-0.39, 0.29) is 35.4 Å². The SMILES string of the molecule is CCCCC(CO)Nc1nc(N)nc2cc(C(F)(F)F)cnc12. The van der Waals surface area contributed by atoms with Crippen LogP contribution in [0.1, 0.15) is 31.7 Å². The second-order valence-electron chi connectivity index (χ2n) is 5.19. The number of hydrogen-bond donors (Lipinski definition) is 3. The Kier molecular flexibility index (Phi) is 5.19. The number of nitrogens with two attached hydrogens (primary N) is 1. The minimum Gasteiger partial charge on any atom is -0.394 e. The highest BCUT2D eigenvalue weighted by molar-refractivity contribution is 5.86. The van der Waals surface area contributed by atoms with Gasteiger partial charge < -0.3 is 16.2 Å². The maximum atomic E-state index is 12.8. The van der Waals surface area contributed by atoms with Crippen LogP contribution in [0.3, 0.4) is 0 Å². The van der Waals surface area contributed by atoms with E-state index >= 15 is 0 Å². The van der Waals surface area contributed by atoms with Crippen molar-refractivity contribution in [1.82, 2.24) is 15.0 Å². The number of fused-ring (bicyclic) bond motifs is 1. The molecule has 0 saturated heterocycles.